The van der Waals surface area contributed by atoms with E-state index in [9.17, 15) is 0 Å². The van der Waals surface area contributed by atoms with Crippen molar-refractivity contribution in [2.45, 2.75) is 13.5 Å². The molecule has 3 nitrogen and oxygen atoms in total. The van der Waals surface area contributed by atoms with Crippen LogP contribution in [0.5, 0.6) is 5.75 Å². The number of aryl methyl sites for hydroxylation is 1. The van der Waals surface area contributed by atoms with E-state index in [1.54, 1.807) is 7.11 Å². The summed E-state index contributed by atoms with van der Waals surface area (Å²) in [6.45, 7) is 2.49. The van der Waals surface area contributed by atoms with Gasteiger partial charge < -0.3 is 10.1 Å². The van der Waals surface area contributed by atoms with Crippen molar-refractivity contribution >= 4 is 39.8 Å². The Balaban J connectivity index is 2.00. The Kier molecular flexibility index (Phi) is 4.60. The molecule has 1 N–H and O–H groups in total. The van der Waals surface area contributed by atoms with Crippen molar-refractivity contribution in [2.24, 2.45) is 0 Å². The molecule has 0 unspecified atom stereocenters. The van der Waals surface area contributed by atoms with E-state index in [4.69, 9.17) is 27.9 Å². The van der Waals surface area contributed by atoms with E-state index in [2.05, 4.69) is 10.3 Å². The Hall–Kier alpha value is -1.97. The second-order valence-corrected chi connectivity index (χ2v) is 6.04. The van der Waals surface area contributed by atoms with Gasteiger partial charge in [0.05, 0.1) is 7.11 Å². The molecule has 0 bridgehead atoms. The third-order valence-corrected chi connectivity index (χ3v) is 4.38. The van der Waals surface area contributed by atoms with Gasteiger partial charge in [0.1, 0.15) is 11.3 Å². The first-order valence-electron chi connectivity index (χ1n) is 7.21. The van der Waals surface area contributed by atoms with Gasteiger partial charge in [-0.3, -0.25) is 0 Å². The third-order valence-electron chi connectivity index (χ3n) is 3.67. The Labute approximate surface area is 145 Å². The van der Waals surface area contributed by atoms with Gasteiger partial charge in [0.15, 0.2) is 0 Å². The smallest absolute Gasteiger partial charge is 0.145 e. The van der Waals surface area contributed by atoms with E-state index in [-0.39, 0.29) is 0 Å². The molecule has 1 heterocycles. The second-order valence-electron chi connectivity index (χ2n) is 5.22. The topological polar surface area (TPSA) is 34.1 Å². The molecule has 0 aliphatic rings. The summed E-state index contributed by atoms with van der Waals surface area (Å²) in [7, 11) is 1.65. The number of benzene rings is 2. The maximum Gasteiger partial charge on any atom is 0.145 e. The Morgan fingerprint density at radius 1 is 1.09 bits per heavy atom. The molecule has 0 saturated heterocycles. The molecule has 0 atom stereocenters. The van der Waals surface area contributed by atoms with Crippen LogP contribution in [0.15, 0.2) is 42.5 Å². The Morgan fingerprint density at radius 2 is 1.78 bits per heavy atom. The number of hydrogen-bond donors (Lipinski definition) is 1. The van der Waals surface area contributed by atoms with Crippen molar-refractivity contribution in [3.8, 4) is 5.75 Å². The van der Waals surface area contributed by atoms with Crippen molar-refractivity contribution < 1.29 is 4.74 Å². The standard InChI is InChI=1S/C18H16Cl2N2O/c1-11-9-16(12-5-3-8-17(23-2)18(12)22-11)21-10-13-14(19)6-4-7-15(13)20/h3-9H,10H2,1-2H3,(H,21,22). The van der Waals surface area contributed by atoms with Gasteiger partial charge in [0.2, 0.25) is 0 Å². The van der Waals surface area contributed by atoms with Crippen LogP contribution < -0.4 is 10.1 Å². The number of anilines is 1. The number of ether oxygens (including phenoxy) is 1. The molecule has 3 rings (SSSR count). The Bertz CT molecular complexity index is 845. The number of nitrogens with one attached hydrogen (secondary N) is 1. The first-order chi connectivity index (χ1) is 11.1. The predicted molar refractivity (Wildman–Crippen MR) is 96.8 cm³/mol. The summed E-state index contributed by atoms with van der Waals surface area (Å²) in [5.74, 6) is 0.755. The van der Waals surface area contributed by atoms with E-state index >= 15 is 0 Å². The lowest BCUT2D eigenvalue weighted by Crippen LogP contribution is -2.03. The average Bonchev–Trinajstić information content (AvgIpc) is 2.53. The monoisotopic (exact) mass is 346 g/mol. The molecule has 0 aliphatic carbocycles. The molecule has 5 heteroatoms. The van der Waals surface area contributed by atoms with Gasteiger partial charge in [0, 0.05) is 38.9 Å². The average molecular weight is 347 g/mol. The number of pyridine rings is 1. The summed E-state index contributed by atoms with van der Waals surface area (Å²) in [6, 6.07) is 13.4. The SMILES string of the molecule is COc1cccc2c(NCc3c(Cl)cccc3Cl)cc(C)nc12. The molecule has 23 heavy (non-hydrogen) atoms. The first kappa shape index (κ1) is 15.9. The number of aromatic nitrogens is 1. The van der Waals surface area contributed by atoms with Crippen molar-refractivity contribution in [2.75, 3.05) is 12.4 Å². The van der Waals surface area contributed by atoms with E-state index < -0.39 is 0 Å². The zero-order chi connectivity index (χ0) is 16.4. The molecule has 0 spiro atoms. The summed E-state index contributed by atoms with van der Waals surface area (Å²) in [5.41, 5.74) is 3.60. The highest BCUT2D eigenvalue weighted by Crippen LogP contribution is 2.31. The molecule has 0 amide bonds. The van der Waals surface area contributed by atoms with Crippen LogP contribution in [0.25, 0.3) is 10.9 Å². The minimum Gasteiger partial charge on any atom is -0.494 e. The van der Waals surface area contributed by atoms with Crippen LogP contribution in [-0.2, 0) is 6.54 Å². The normalized spacial score (nSPS) is 10.8. The zero-order valence-corrected chi connectivity index (χ0v) is 14.4. The molecule has 0 fully saturated rings. The fourth-order valence-corrected chi connectivity index (χ4v) is 3.08. The van der Waals surface area contributed by atoms with Crippen LogP contribution in [-0.4, -0.2) is 12.1 Å². The minimum atomic E-state index is 0.536. The lowest BCUT2D eigenvalue weighted by atomic mass is 10.1. The third kappa shape index (κ3) is 3.21. The van der Waals surface area contributed by atoms with Gasteiger partial charge in [-0.2, -0.15) is 0 Å². The number of hydrogen-bond acceptors (Lipinski definition) is 3. The highest BCUT2D eigenvalue weighted by Gasteiger charge is 2.10. The number of methoxy groups -OCH3 is 1. The molecule has 3 aromatic rings. The minimum absolute atomic E-state index is 0.536. The summed E-state index contributed by atoms with van der Waals surface area (Å²) in [4.78, 5) is 4.58. The van der Waals surface area contributed by atoms with Gasteiger partial charge >= 0.3 is 0 Å². The second kappa shape index (κ2) is 6.65. The number of halogens is 2. The van der Waals surface area contributed by atoms with Crippen LogP contribution in [0.2, 0.25) is 10.0 Å². The quantitative estimate of drug-likeness (QED) is 0.679. The molecule has 0 saturated carbocycles. The van der Waals surface area contributed by atoms with Crippen molar-refractivity contribution in [3.63, 3.8) is 0 Å². The van der Waals surface area contributed by atoms with Crippen LogP contribution >= 0.6 is 23.2 Å². The maximum atomic E-state index is 6.24. The molecule has 1 aromatic heterocycles. The van der Waals surface area contributed by atoms with E-state index in [1.807, 2.05) is 49.4 Å². The van der Waals surface area contributed by atoms with E-state index in [1.165, 1.54) is 0 Å². The summed E-state index contributed by atoms with van der Waals surface area (Å²) in [5, 5.41) is 5.71. The van der Waals surface area contributed by atoms with Gasteiger partial charge in [-0.15, -0.1) is 0 Å². The fourth-order valence-electron chi connectivity index (χ4n) is 2.55. The summed E-state index contributed by atoms with van der Waals surface area (Å²) >= 11 is 12.5. The van der Waals surface area contributed by atoms with Crippen LogP contribution in [0.1, 0.15) is 11.3 Å². The fraction of sp³-hybridized carbons (Fsp3) is 0.167. The van der Waals surface area contributed by atoms with Crippen molar-refractivity contribution in [3.05, 3.63) is 63.8 Å². The summed E-state index contributed by atoms with van der Waals surface area (Å²) in [6.07, 6.45) is 0. The van der Waals surface area contributed by atoms with E-state index in [0.717, 1.165) is 33.6 Å². The largest absolute Gasteiger partial charge is 0.494 e. The van der Waals surface area contributed by atoms with Crippen LogP contribution in [0.3, 0.4) is 0 Å². The number of fused-ring (bicyclic) bond motifs is 1. The van der Waals surface area contributed by atoms with Gasteiger partial charge in [-0.05, 0) is 31.2 Å². The lowest BCUT2D eigenvalue weighted by Gasteiger charge is -2.14. The molecule has 2 aromatic carbocycles. The highest BCUT2D eigenvalue weighted by atomic mass is 35.5. The summed E-state index contributed by atoms with van der Waals surface area (Å²) < 4.78 is 5.41. The zero-order valence-electron chi connectivity index (χ0n) is 12.9. The number of nitrogens with zero attached hydrogens (tertiary/aromatic N) is 1. The Morgan fingerprint density at radius 3 is 2.48 bits per heavy atom. The first-order valence-corrected chi connectivity index (χ1v) is 7.97. The molecular weight excluding hydrogens is 331 g/mol. The molecule has 118 valence electrons. The van der Waals surface area contributed by atoms with Gasteiger partial charge in [0.25, 0.3) is 0 Å². The number of para-hydroxylation sites is 1. The van der Waals surface area contributed by atoms with Crippen LogP contribution in [0, 0.1) is 6.92 Å². The van der Waals surface area contributed by atoms with E-state index in [0.29, 0.717) is 16.6 Å². The van der Waals surface area contributed by atoms with Crippen LogP contribution in [0.4, 0.5) is 5.69 Å². The molecule has 0 radical (unpaired) electrons. The highest BCUT2D eigenvalue weighted by molar-refractivity contribution is 6.36. The van der Waals surface area contributed by atoms with Gasteiger partial charge in [-0.1, -0.05) is 41.4 Å². The van der Waals surface area contributed by atoms with Crippen molar-refractivity contribution in [1.29, 1.82) is 0 Å². The maximum absolute atomic E-state index is 6.24. The lowest BCUT2D eigenvalue weighted by molar-refractivity contribution is 0.419. The predicted octanol–water partition coefficient (Wildman–Crippen LogP) is 5.47. The molecule has 0 aliphatic heterocycles. The van der Waals surface area contributed by atoms with Crippen molar-refractivity contribution in [1.82, 2.24) is 4.98 Å². The number of rotatable bonds is 4. The molecular formula is C18H16Cl2N2O. The van der Waals surface area contributed by atoms with Gasteiger partial charge in [-0.25, -0.2) is 4.98 Å².